The Bertz CT molecular complexity index is 689. The van der Waals surface area contributed by atoms with Crippen molar-refractivity contribution in [2.75, 3.05) is 33.3 Å². The van der Waals surface area contributed by atoms with Crippen LogP contribution in [0.2, 0.25) is 0 Å². The minimum Gasteiger partial charge on any atom is -0.453 e. The van der Waals surface area contributed by atoms with E-state index in [9.17, 15) is 4.79 Å². The van der Waals surface area contributed by atoms with Crippen LogP contribution < -0.4 is 10.6 Å². The molecule has 0 unspecified atom stereocenters. The van der Waals surface area contributed by atoms with Crippen LogP contribution in [-0.2, 0) is 10.2 Å². The summed E-state index contributed by atoms with van der Waals surface area (Å²) in [5, 5.41) is 6.91. The topological polar surface area (TPSA) is 66.0 Å². The maximum atomic E-state index is 11.6. The molecule has 0 spiro atoms. The number of hydrogen-bond donors (Lipinski definition) is 2. The van der Waals surface area contributed by atoms with Crippen LogP contribution in [-0.4, -0.2) is 56.3 Å². The van der Waals surface area contributed by atoms with Crippen molar-refractivity contribution in [3.05, 3.63) is 34.3 Å². The number of carbonyl (C=O) groups excluding carboxylic acids is 1. The summed E-state index contributed by atoms with van der Waals surface area (Å²) in [6, 6.07) is 8.79. The van der Waals surface area contributed by atoms with E-state index in [0.29, 0.717) is 19.1 Å². The molecule has 0 atom stereocenters. The first kappa shape index (κ1) is 23.3. The molecule has 2 fully saturated rings. The number of rotatable bonds is 5. The predicted molar refractivity (Wildman–Crippen MR) is 127 cm³/mol. The molecule has 6 nitrogen and oxygen atoms in total. The van der Waals surface area contributed by atoms with Crippen molar-refractivity contribution in [3.8, 4) is 0 Å². The molecule has 1 aromatic carbocycles. The van der Waals surface area contributed by atoms with Crippen LogP contribution in [0.5, 0.6) is 0 Å². The number of halogens is 2. The Kier molecular flexibility index (Phi) is 8.85. The highest BCUT2D eigenvalue weighted by atomic mass is 127. The van der Waals surface area contributed by atoms with Gasteiger partial charge in [-0.1, -0.05) is 34.1 Å². The number of hydrogen-bond acceptors (Lipinski definition) is 3. The largest absolute Gasteiger partial charge is 0.453 e. The molecule has 28 heavy (non-hydrogen) atoms. The number of nitrogens with one attached hydrogen (secondary N) is 2. The molecular formula is C20H30BrIN4O2. The average molecular weight is 565 g/mol. The van der Waals surface area contributed by atoms with Gasteiger partial charge in [-0.3, -0.25) is 4.99 Å². The van der Waals surface area contributed by atoms with Crippen LogP contribution in [0.15, 0.2) is 33.7 Å². The lowest BCUT2D eigenvalue weighted by Gasteiger charge is -2.32. The van der Waals surface area contributed by atoms with Crippen LogP contribution >= 0.6 is 39.9 Å². The number of carbonyl (C=O) groups is 1. The Morgan fingerprint density at radius 2 is 2.00 bits per heavy atom. The number of likely N-dealkylation sites (tertiary alicyclic amines) is 1. The quantitative estimate of drug-likeness (QED) is 0.323. The van der Waals surface area contributed by atoms with E-state index in [4.69, 9.17) is 9.73 Å². The van der Waals surface area contributed by atoms with E-state index in [-0.39, 0.29) is 35.5 Å². The second-order valence-corrected chi connectivity index (χ2v) is 8.19. The Morgan fingerprint density at radius 3 is 2.57 bits per heavy atom. The van der Waals surface area contributed by atoms with Crippen molar-refractivity contribution >= 4 is 52.0 Å². The van der Waals surface area contributed by atoms with Gasteiger partial charge in [0.2, 0.25) is 0 Å². The minimum absolute atomic E-state index is 0. The van der Waals surface area contributed by atoms with Gasteiger partial charge in [0.05, 0.1) is 13.7 Å². The zero-order valence-corrected chi connectivity index (χ0v) is 20.5. The SMILES string of the molecule is CCNC(=NCC1(c2ccccc2Br)CC1)NC1CCN(C(=O)OC)CC1.I. The predicted octanol–water partition coefficient (Wildman–Crippen LogP) is 3.88. The Labute approximate surface area is 193 Å². The van der Waals surface area contributed by atoms with E-state index in [1.165, 1.54) is 30.0 Å². The normalized spacial score (nSPS) is 18.8. The van der Waals surface area contributed by atoms with Crippen LogP contribution in [0.1, 0.15) is 38.2 Å². The van der Waals surface area contributed by atoms with Crippen LogP contribution in [0.25, 0.3) is 0 Å². The van der Waals surface area contributed by atoms with Gasteiger partial charge >= 0.3 is 6.09 Å². The molecular weight excluding hydrogens is 535 g/mol. The summed E-state index contributed by atoms with van der Waals surface area (Å²) in [6.07, 6.45) is 3.91. The smallest absolute Gasteiger partial charge is 0.409 e. The van der Waals surface area contributed by atoms with Crippen molar-refractivity contribution in [2.45, 2.75) is 44.1 Å². The first-order valence-electron chi connectivity index (χ1n) is 9.71. The Balaban J connectivity index is 0.00000280. The van der Waals surface area contributed by atoms with Gasteiger partial charge < -0.3 is 20.3 Å². The lowest BCUT2D eigenvalue weighted by atomic mass is 9.96. The van der Waals surface area contributed by atoms with E-state index >= 15 is 0 Å². The Hall–Kier alpha value is -1.03. The molecule has 1 saturated carbocycles. The summed E-state index contributed by atoms with van der Waals surface area (Å²) in [4.78, 5) is 18.3. The number of nitrogens with zero attached hydrogens (tertiary/aromatic N) is 2. The van der Waals surface area contributed by atoms with Gasteiger partial charge in [-0.15, -0.1) is 24.0 Å². The number of benzene rings is 1. The third-order valence-electron chi connectivity index (χ3n) is 5.45. The number of methoxy groups -OCH3 is 1. The summed E-state index contributed by atoms with van der Waals surface area (Å²) in [6.45, 7) is 5.12. The molecule has 156 valence electrons. The third kappa shape index (κ3) is 5.75. The van der Waals surface area contributed by atoms with Gasteiger partial charge in [0, 0.05) is 35.6 Å². The maximum absolute atomic E-state index is 11.6. The summed E-state index contributed by atoms with van der Waals surface area (Å²) < 4.78 is 5.98. The molecule has 1 aliphatic heterocycles. The number of guanidine groups is 1. The van der Waals surface area contributed by atoms with Crippen molar-refractivity contribution < 1.29 is 9.53 Å². The van der Waals surface area contributed by atoms with Crippen molar-refractivity contribution in [1.82, 2.24) is 15.5 Å². The van der Waals surface area contributed by atoms with E-state index in [1.54, 1.807) is 4.90 Å². The molecule has 2 aliphatic rings. The number of piperidine rings is 1. The molecule has 0 bridgehead atoms. The highest BCUT2D eigenvalue weighted by Crippen LogP contribution is 2.50. The van der Waals surface area contributed by atoms with Crippen molar-refractivity contribution in [3.63, 3.8) is 0 Å². The van der Waals surface area contributed by atoms with Crippen LogP contribution in [0, 0.1) is 0 Å². The molecule has 0 radical (unpaired) electrons. The first-order valence-corrected chi connectivity index (χ1v) is 10.5. The van der Waals surface area contributed by atoms with Crippen LogP contribution in [0.4, 0.5) is 4.79 Å². The van der Waals surface area contributed by atoms with Crippen molar-refractivity contribution in [2.24, 2.45) is 4.99 Å². The summed E-state index contributed by atoms with van der Waals surface area (Å²) in [5.41, 5.74) is 1.52. The van der Waals surface area contributed by atoms with Gasteiger partial charge in [-0.2, -0.15) is 0 Å². The van der Waals surface area contributed by atoms with E-state index < -0.39 is 0 Å². The fourth-order valence-corrected chi connectivity index (χ4v) is 4.34. The molecule has 1 heterocycles. The Morgan fingerprint density at radius 1 is 1.32 bits per heavy atom. The number of aliphatic imine (C=N–C) groups is 1. The molecule has 1 saturated heterocycles. The number of amides is 1. The summed E-state index contributed by atoms with van der Waals surface area (Å²) >= 11 is 3.69. The van der Waals surface area contributed by atoms with Gasteiger partial charge in [0.15, 0.2) is 5.96 Å². The second-order valence-electron chi connectivity index (χ2n) is 7.33. The lowest BCUT2D eigenvalue weighted by molar-refractivity contribution is 0.111. The summed E-state index contributed by atoms with van der Waals surface area (Å²) in [5.74, 6) is 0.868. The molecule has 1 aromatic rings. The molecule has 0 aromatic heterocycles. The van der Waals surface area contributed by atoms with Crippen LogP contribution in [0.3, 0.4) is 0 Å². The monoisotopic (exact) mass is 564 g/mol. The highest BCUT2D eigenvalue weighted by molar-refractivity contribution is 14.0. The summed E-state index contributed by atoms with van der Waals surface area (Å²) in [7, 11) is 1.43. The van der Waals surface area contributed by atoms with E-state index in [1.807, 2.05) is 0 Å². The number of ether oxygens (including phenoxy) is 1. The minimum atomic E-state index is -0.238. The molecule has 1 amide bonds. The van der Waals surface area contributed by atoms with Crippen molar-refractivity contribution in [1.29, 1.82) is 0 Å². The van der Waals surface area contributed by atoms with E-state index in [0.717, 1.165) is 31.9 Å². The fraction of sp³-hybridized carbons (Fsp3) is 0.600. The van der Waals surface area contributed by atoms with Gasteiger partial charge in [0.25, 0.3) is 0 Å². The average Bonchev–Trinajstić information content (AvgIpc) is 3.47. The van der Waals surface area contributed by atoms with Gasteiger partial charge in [-0.05, 0) is 44.2 Å². The standard InChI is InChI=1S/C20H29BrN4O2.HI/c1-3-22-18(24-15-8-12-25(13-9-15)19(26)27-2)23-14-20(10-11-20)16-6-4-5-7-17(16)21;/h4-7,15H,3,8-14H2,1-2H3,(H2,22,23,24);1H. The molecule has 1 aliphatic carbocycles. The van der Waals surface area contributed by atoms with Gasteiger partial charge in [-0.25, -0.2) is 4.79 Å². The zero-order chi connectivity index (χ0) is 19.3. The highest BCUT2D eigenvalue weighted by Gasteiger charge is 2.45. The first-order chi connectivity index (χ1) is 13.1. The molecule has 3 rings (SSSR count). The molecule has 2 N–H and O–H groups in total. The molecule has 8 heteroatoms. The second kappa shape index (κ2) is 10.7. The fourth-order valence-electron chi connectivity index (χ4n) is 3.63. The maximum Gasteiger partial charge on any atom is 0.409 e. The van der Waals surface area contributed by atoms with E-state index in [2.05, 4.69) is 57.8 Å². The zero-order valence-electron chi connectivity index (χ0n) is 16.5. The van der Waals surface area contributed by atoms with Gasteiger partial charge in [0.1, 0.15) is 0 Å². The lowest BCUT2D eigenvalue weighted by Crippen LogP contribution is -2.50. The third-order valence-corrected chi connectivity index (χ3v) is 6.14.